The minimum atomic E-state index is -4.35. The highest BCUT2D eigenvalue weighted by atomic mass is 31.2. The van der Waals surface area contributed by atoms with Crippen LogP contribution in [-0.4, -0.2) is 73.4 Å². The molecule has 0 bridgehead atoms. The largest absolute Gasteiger partial charge is 0.472 e. The maximum Gasteiger partial charge on any atom is 0.472 e. The van der Waals surface area contributed by atoms with Crippen LogP contribution >= 0.6 is 7.82 Å². The molecule has 0 aromatic heterocycles. The predicted octanol–water partition coefficient (Wildman–Crippen LogP) is 17.8. The number of phosphoric acid groups is 1. The van der Waals surface area contributed by atoms with Gasteiger partial charge in [-0.3, -0.25) is 13.8 Å². The van der Waals surface area contributed by atoms with Crippen molar-refractivity contribution < 1.29 is 32.9 Å². The van der Waals surface area contributed by atoms with Gasteiger partial charge in [0.05, 0.1) is 39.9 Å². The zero-order chi connectivity index (χ0) is 52.0. The number of hydrogen-bond acceptors (Lipinski definition) is 5. The lowest BCUT2D eigenvalue weighted by Gasteiger charge is -2.25. The average molecular weight is 1010 g/mol. The molecule has 0 heterocycles. The van der Waals surface area contributed by atoms with Crippen molar-refractivity contribution in [3.63, 3.8) is 0 Å². The zero-order valence-corrected chi connectivity index (χ0v) is 47.6. The van der Waals surface area contributed by atoms with Crippen molar-refractivity contribution in [2.45, 2.75) is 251 Å². The molecule has 0 saturated heterocycles. The Labute approximate surface area is 439 Å². The molecule has 0 radical (unpaired) electrons. The third-order valence-electron chi connectivity index (χ3n) is 12.5. The first-order valence-corrected chi connectivity index (χ1v) is 30.6. The number of unbranched alkanes of at least 4 members (excludes halogenated alkanes) is 25. The molecule has 0 fully saturated rings. The van der Waals surface area contributed by atoms with Gasteiger partial charge < -0.3 is 19.8 Å². The second-order valence-corrected chi connectivity index (χ2v) is 22.1. The number of carbonyl (C=O) groups excluding carboxylic acids is 1. The number of amides is 1. The van der Waals surface area contributed by atoms with E-state index in [1.807, 2.05) is 27.2 Å². The smallest absolute Gasteiger partial charge is 0.387 e. The number of aliphatic hydroxyl groups excluding tert-OH is 1. The molecular weight excluding hydrogens is 900 g/mol. The summed E-state index contributed by atoms with van der Waals surface area (Å²) in [6.07, 6.45) is 75.3. The lowest BCUT2D eigenvalue weighted by Crippen LogP contribution is -2.45. The lowest BCUT2D eigenvalue weighted by atomic mass is 10.0. The Morgan fingerprint density at radius 3 is 1.30 bits per heavy atom. The van der Waals surface area contributed by atoms with E-state index in [0.717, 1.165) is 77.0 Å². The van der Waals surface area contributed by atoms with Crippen LogP contribution in [0.15, 0.2) is 97.2 Å². The van der Waals surface area contributed by atoms with Crippen molar-refractivity contribution in [2.75, 3.05) is 40.9 Å². The summed E-state index contributed by atoms with van der Waals surface area (Å²) in [7, 11) is 1.55. The summed E-state index contributed by atoms with van der Waals surface area (Å²) in [5.74, 6) is -0.189. The van der Waals surface area contributed by atoms with Crippen molar-refractivity contribution in [3.05, 3.63) is 97.2 Å². The fourth-order valence-corrected chi connectivity index (χ4v) is 8.74. The first-order chi connectivity index (χ1) is 34.5. The first kappa shape index (κ1) is 68.4. The number of nitrogens with zero attached hydrogens (tertiary/aromatic N) is 1. The predicted molar refractivity (Wildman–Crippen MR) is 309 cm³/mol. The number of quaternary nitrogens is 1. The fourth-order valence-electron chi connectivity index (χ4n) is 8.00. The maximum atomic E-state index is 12.9. The van der Waals surface area contributed by atoms with Gasteiger partial charge in [-0.2, -0.15) is 0 Å². The number of rotatable bonds is 52. The topological polar surface area (TPSA) is 105 Å². The summed E-state index contributed by atoms with van der Waals surface area (Å²) in [4.78, 5) is 23.2. The van der Waals surface area contributed by atoms with Crippen LogP contribution < -0.4 is 5.32 Å². The number of allylic oxidation sites excluding steroid dienone is 15. The van der Waals surface area contributed by atoms with E-state index in [4.69, 9.17) is 9.05 Å². The summed E-state index contributed by atoms with van der Waals surface area (Å²) in [6, 6.07) is -0.865. The standard InChI is InChI=1S/C62H111N2O6P/c1-6-8-10-12-14-16-18-20-21-22-23-24-25-26-27-28-29-30-31-32-33-34-35-36-37-38-39-40-41-42-43-44-46-48-50-52-54-56-62(66)63-60(59-70-71(67,68)69-58-57-64(3,4)5)61(65)55-53-51-49-47-45-19-17-15-13-11-9-7-2/h8,10,14,16,20-21,23-24,26-27,29-30,45,47,53,55,60-61,65H,6-7,9,11-13,15,17-19,22,25,28,31-44,46,48-52,54,56-59H2,1-5H3,(H-,63,66,67,68)/p+1/b10-8-,16-14-,21-20-,24-23-,27-26-,30-29-,47-45+,55-53+. The molecule has 1 amide bonds. The molecule has 410 valence electrons. The van der Waals surface area contributed by atoms with Gasteiger partial charge in [-0.1, -0.05) is 246 Å². The van der Waals surface area contributed by atoms with E-state index in [1.54, 1.807) is 6.08 Å². The number of aliphatic hydroxyl groups is 1. The van der Waals surface area contributed by atoms with Gasteiger partial charge in [0.15, 0.2) is 0 Å². The van der Waals surface area contributed by atoms with Gasteiger partial charge in [-0.25, -0.2) is 4.57 Å². The van der Waals surface area contributed by atoms with Gasteiger partial charge in [0.25, 0.3) is 0 Å². The highest BCUT2D eigenvalue weighted by Gasteiger charge is 2.27. The molecule has 0 rings (SSSR count). The van der Waals surface area contributed by atoms with Gasteiger partial charge in [0, 0.05) is 6.42 Å². The molecule has 0 aliphatic rings. The van der Waals surface area contributed by atoms with Crippen molar-refractivity contribution in [1.82, 2.24) is 5.32 Å². The summed E-state index contributed by atoms with van der Waals surface area (Å²) >= 11 is 0. The highest BCUT2D eigenvalue weighted by Crippen LogP contribution is 2.43. The summed E-state index contributed by atoms with van der Waals surface area (Å²) in [6.45, 7) is 4.66. The molecule has 0 saturated carbocycles. The Morgan fingerprint density at radius 1 is 0.493 bits per heavy atom. The molecule has 0 aromatic rings. The van der Waals surface area contributed by atoms with Crippen LogP contribution in [0.3, 0.4) is 0 Å². The van der Waals surface area contributed by atoms with Crippen molar-refractivity contribution in [2.24, 2.45) is 0 Å². The van der Waals surface area contributed by atoms with Crippen LogP contribution in [0.2, 0.25) is 0 Å². The normalized spacial score (nSPS) is 14.6. The highest BCUT2D eigenvalue weighted by molar-refractivity contribution is 7.47. The van der Waals surface area contributed by atoms with E-state index in [1.165, 1.54) is 141 Å². The molecule has 0 aromatic carbocycles. The second-order valence-electron chi connectivity index (χ2n) is 20.6. The Hall–Kier alpha value is -2.58. The molecule has 3 unspecified atom stereocenters. The minimum Gasteiger partial charge on any atom is -0.387 e. The molecule has 0 aliphatic carbocycles. The minimum absolute atomic E-state index is 0.0538. The number of nitrogens with one attached hydrogen (secondary N) is 1. The van der Waals surface area contributed by atoms with Gasteiger partial charge in [0.1, 0.15) is 13.2 Å². The Balaban J connectivity index is 3.99. The molecule has 8 nitrogen and oxygen atoms in total. The van der Waals surface area contributed by atoms with Gasteiger partial charge >= 0.3 is 7.82 Å². The summed E-state index contributed by atoms with van der Waals surface area (Å²) < 4.78 is 23.6. The lowest BCUT2D eigenvalue weighted by molar-refractivity contribution is -0.870. The van der Waals surface area contributed by atoms with Crippen LogP contribution in [0.25, 0.3) is 0 Å². The van der Waals surface area contributed by atoms with E-state index >= 15 is 0 Å². The van der Waals surface area contributed by atoms with E-state index in [-0.39, 0.29) is 19.1 Å². The van der Waals surface area contributed by atoms with Gasteiger partial charge in [-0.15, -0.1) is 0 Å². The Morgan fingerprint density at radius 2 is 0.859 bits per heavy atom. The van der Waals surface area contributed by atoms with E-state index in [0.29, 0.717) is 17.4 Å². The van der Waals surface area contributed by atoms with Crippen LogP contribution in [0.5, 0.6) is 0 Å². The monoisotopic (exact) mass is 1010 g/mol. The van der Waals surface area contributed by atoms with Crippen molar-refractivity contribution >= 4 is 13.7 Å². The van der Waals surface area contributed by atoms with E-state index in [2.05, 4.69) is 104 Å². The molecule has 71 heavy (non-hydrogen) atoms. The van der Waals surface area contributed by atoms with E-state index in [9.17, 15) is 19.4 Å². The maximum absolute atomic E-state index is 12.9. The number of carbonyl (C=O) groups is 1. The van der Waals surface area contributed by atoms with Crippen LogP contribution in [-0.2, 0) is 18.4 Å². The number of phosphoric ester groups is 1. The SMILES string of the molecule is CC/C=C\C/C=C\C/C=C\C/C=C\C/C=C\C/C=C\CCCCCCCCCCCCCCCCCCCCC(=O)NC(COP(=O)(O)OCC[N+](C)(C)C)C(O)/C=C/CC/C=C/CCCCCCCC. The average Bonchev–Trinajstić information content (AvgIpc) is 3.33. The molecule has 3 N–H and O–H groups in total. The number of hydrogen-bond donors (Lipinski definition) is 3. The number of likely N-dealkylation sites (N-methyl/N-ethyl adjacent to an activating group) is 1. The Bertz CT molecular complexity index is 1470. The molecule has 9 heteroatoms. The third-order valence-corrected chi connectivity index (χ3v) is 13.5. The van der Waals surface area contributed by atoms with Crippen molar-refractivity contribution in [1.29, 1.82) is 0 Å². The summed E-state index contributed by atoms with van der Waals surface area (Å²) in [5.41, 5.74) is 0. The molecule has 0 aliphatic heterocycles. The molecular formula is C62H112N2O6P+. The first-order valence-electron chi connectivity index (χ1n) is 29.1. The van der Waals surface area contributed by atoms with Crippen LogP contribution in [0, 0.1) is 0 Å². The Kier molecular flexibility index (Phi) is 50.4. The summed E-state index contributed by atoms with van der Waals surface area (Å²) in [5, 5.41) is 13.8. The van der Waals surface area contributed by atoms with Gasteiger partial charge in [0.2, 0.25) is 5.91 Å². The molecule has 3 atom stereocenters. The molecule has 0 spiro atoms. The van der Waals surface area contributed by atoms with Crippen LogP contribution in [0.1, 0.15) is 239 Å². The van der Waals surface area contributed by atoms with E-state index < -0.39 is 20.0 Å². The van der Waals surface area contributed by atoms with Crippen LogP contribution in [0.4, 0.5) is 0 Å². The fraction of sp³-hybridized carbons (Fsp3) is 0.726. The van der Waals surface area contributed by atoms with Crippen molar-refractivity contribution in [3.8, 4) is 0 Å². The third kappa shape index (κ3) is 55.0. The zero-order valence-electron chi connectivity index (χ0n) is 46.7. The second kappa shape index (κ2) is 52.3. The van der Waals surface area contributed by atoms with Gasteiger partial charge in [-0.05, 0) is 83.5 Å². The quantitative estimate of drug-likeness (QED) is 0.0243.